The lowest BCUT2D eigenvalue weighted by molar-refractivity contribution is 0.0679. The van der Waals surface area contributed by atoms with E-state index in [4.69, 9.17) is 9.47 Å². The number of nitrogens with one attached hydrogen (secondary N) is 2. The number of aromatic amines is 1. The summed E-state index contributed by atoms with van der Waals surface area (Å²) in [6, 6.07) is 12.9. The number of amides is 1. The van der Waals surface area contributed by atoms with Gasteiger partial charge in [0.2, 0.25) is 0 Å². The standard InChI is InChI=1S/C19H19N3O3S/c23-19(20-18-11-16(21-22-18)17-4-2-10-26-17)13-5-7-14(8-6-13)25-12-15-3-1-9-24-15/h2,4-8,10-11,15H,1,3,9,12H2,(H2,20,21,22,23). The SMILES string of the molecule is O=C(Nc1cc(-c2cccs2)[nH]n1)c1ccc(OCC2CCCO2)cc1. The lowest BCUT2D eigenvalue weighted by Crippen LogP contribution is -2.16. The Morgan fingerprint density at radius 3 is 2.96 bits per heavy atom. The maximum Gasteiger partial charge on any atom is 0.256 e. The summed E-state index contributed by atoms with van der Waals surface area (Å²) in [4.78, 5) is 13.4. The van der Waals surface area contributed by atoms with E-state index < -0.39 is 0 Å². The average Bonchev–Trinajstić information content (AvgIpc) is 3.41. The summed E-state index contributed by atoms with van der Waals surface area (Å²) in [5.74, 6) is 1.02. The van der Waals surface area contributed by atoms with Crippen molar-refractivity contribution >= 4 is 23.1 Å². The largest absolute Gasteiger partial charge is 0.491 e. The van der Waals surface area contributed by atoms with E-state index in [2.05, 4.69) is 15.5 Å². The van der Waals surface area contributed by atoms with E-state index in [1.54, 1.807) is 35.6 Å². The number of hydrogen-bond donors (Lipinski definition) is 2. The first-order valence-corrected chi connectivity index (χ1v) is 9.41. The maximum absolute atomic E-state index is 12.4. The van der Waals surface area contributed by atoms with Crippen molar-refractivity contribution in [1.29, 1.82) is 0 Å². The van der Waals surface area contributed by atoms with Crippen LogP contribution in [0.3, 0.4) is 0 Å². The molecule has 134 valence electrons. The minimum absolute atomic E-state index is 0.176. The zero-order valence-electron chi connectivity index (χ0n) is 14.1. The number of benzene rings is 1. The number of carbonyl (C=O) groups excluding carboxylic acids is 1. The molecule has 0 bridgehead atoms. The molecule has 1 fully saturated rings. The Hall–Kier alpha value is -2.64. The van der Waals surface area contributed by atoms with Gasteiger partial charge in [0.25, 0.3) is 5.91 Å². The molecule has 1 aromatic carbocycles. The molecule has 1 amide bonds. The monoisotopic (exact) mass is 369 g/mol. The molecule has 0 radical (unpaired) electrons. The Kier molecular flexibility index (Phi) is 4.99. The van der Waals surface area contributed by atoms with E-state index in [0.717, 1.165) is 35.8 Å². The minimum Gasteiger partial charge on any atom is -0.491 e. The fourth-order valence-electron chi connectivity index (χ4n) is 2.80. The van der Waals surface area contributed by atoms with E-state index in [1.807, 2.05) is 23.6 Å². The summed E-state index contributed by atoms with van der Waals surface area (Å²) in [5.41, 5.74) is 1.43. The van der Waals surface area contributed by atoms with Crippen LogP contribution in [0.5, 0.6) is 5.75 Å². The summed E-state index contributed by atoms with van der Waals surface area (Å²) < 4.78 is 11.2. The number of anilines is 1. The highest BCUT2D eigenvalue weighted by atomic mass is 32.1. The third kappa shape index (κ3) is 3.95. The third-order valence-corrected chi connectivity index (χ3v) is 5.09. The molecule has 1 aliphatic heterocycles. The number of carbonyl (C=O) groups is 1. The predicted octanol–water partition coefficient (Wildman–Crippen LogP) is 3.95. The van der Waals surface area contributed by atoms with E-state index in [-0.39, 0.29) is 12.0 Å². The smallest absolute Gasteiger partial charge is 0.256 e. The number of aromatic nitrogens is 2. The lowest BCUT2D eigenvalue weighted by Gasteiger charge is -2.11. The zero-order valence-corrected chi connectivity index (χ0v) is 14.9. The fourth-order valence-corrected chi connectivity index (χ4v) is 3.49. The van der Waals surface area contributed by atoms with Gasteiger partial charge in [-0.2, -0.15) is 5.10 Å². The molecule has 1 unspecified atom stereocenters. The molecule has 2 N–H and O–H groups in total. The molecule has 3 aromatic rings. The second-order valence-corrected chi connectivity index (χ2v) is 7.02. The summed E-state index contributed by atoms with van der Waals surface area (Å²) in [5, 5.41) is 11.9. The van der Waals surface area contributed by atoms with Crippen LogP contribution in [-0.2, 0) is 4.74 Å². The topological polar surface area (TPSA) is 76.2 Å². The van der Waals surface area contributed by atoms with Crippen LogP contribution in [0.4, 0.5) is 5.82 Å². The van der Waals surface area contributed by atoms with Gasteiger partial charge in [-0.1, -0.05) is 6.07 Å². The normalized spacial score (nSPS) is 16.5. The van der Waals surface area contributed by atoms with Crippen molar-refractivity contribution in [3.63, 3.8) is 0 Å². The van der Waals surface area contributed by atoms with Gasteiger partial charge in [0.1, 0.15) is 12.4 Å². The molecule has 1 aliphatic rings. The van der Waals surface area contributed by atoms with Crippen LogP contribution in [0.2, 0.25) is 0 Å². The Balaban J connectivity index is 1.34. The second kappa shape index (κ2) is 7.72. The molecule has 1 saturated heterocycles. The number of rotatable bonds is 6. The maximum atomic E-state index is 12.4. The van der Waals surface area contributed by atoms with Gasteiger partial charge in [0, 0.05) is 18.2 Å². The van der Waals surface area contributed by atoms with Crippen LogP contribution in [0.25, 0.3) is 10.6 Å². The van der Waals surface area contributed by atoms with Crippen molar-refractivity contribution in [2.75, 3.05) is 18.5 Å². The second-order valence-electron chi connectivity index (χ2n) is 6.07. The van der Waals surface area contributed by atoms with Crippen molar-refractivity contribution in [3.05, 3.63) is 53.4 Å². The van der Waals surface area contributed by atoms with Crippen LogP contribution < -0.4 is 10.1 Å². The van der Waals surface area contributed by atoms with Gasteiger partial charge in [0.05, 0.1) is 16.7 Å². The molecule has 0 spiro atoms. The quantitative estimate of drug-likeness (QED) is 0.690. The number of nitrogens with zero attached hydrogens (tertiary/aromatic N) is 1. The van der Waals surface area contributed by atoms with Gasteiger partial charge in [0.15, 0.2) is 5.82 Å². The highest BCUT2D eigenvalue weighted by Gasteiger charge is 2.16. The molecule has 3 heterocycles. The van der Waals surface area contributed by atoms with Crippen LogP contribution >= 0.6 is 11.3 Å². The summed E-state index contributed by atoms with van der Waals surface area (Å²) in [7, 11) is 0. The van der Waals surface area contributed by atoms with E-state index in [1.165, 1.54) is 0 Å². The van der Waals surface area contributed by atoms with E-state index >= 15 is 0 Å². The van der Waals surface area contributed by atoms with Gasteiger partial charge in [-0.25, -0.2) is 0 Å². The van der Waals surface area contributed by atoms with Gasteiger partial charge < -0.3 is 14.8 Å². The van der Waals surface area contributed by atoms with Gasteiger partial charge in [-0.3, -0.25) is 9.89 Å². The highest BCUT2D eigenvalue weighted by molar-refractivity contribution is 7.13. The molecule has 4 rings (SSSR count). The Morgan fingerprint density at radius 1 is 1.35 bits per heavy atom. The van der Waals surface area contributed by atoms with Crippen molar-refractivity contribution in [2.24, 2.45) is 0 Å². The predicted molar refractivity (Wildman–Crippen MR) is 101 cm³/mol. The fraction of sp³-hybridized carbons (Fsp3) is 0.263. The molecule has 6 nitrogen and oxygen atoms in total. The van der Waals surface area contributed by atoms with Gasteiger partial charge in [-0.15, -0.1) is 11.3 Å². The van der Waals surface area contributed by atoms with Crippen LogP contribution in [-0.4, -0.2) is 35.4 Å². The minimum atomic E-state index is -0.208. The van der Waals surface area contributed by atoms with E-state index in [9.17, 15) is 4.79 Å². The first-order chi connectivity index (χ1) is 12.8. The number of thiophene rings is 1. The summed E-state index contributed by atoms with van der Waals surface area (Å²) in [6.07, 6.45) is 2.31. The average molecular weight is 369 g/mol. The van der Waals surface area contributed by atoms with Gasteiger partial charge >= 0.3 is 0 Å². The Bertz CT molecular complexity index is 853. The number of hydrogen-bond acceptors (Lipinski definition) is 5. The molecule has 1 atom stereocenters. The lowest BCUT2D eigenvalue weighted by atomic mass is 10.2. The molecular formula is C19H19N3O3S. The van der Waals surface area contributed by atoms with E-state index in [0.29, 0.717) is 18.0 Å². The molecule has 2 aromatic heterocycles. The Labute approximate surface area is 155 Å². The molecular weight excluding hydrogens is 350 g/mol. The first-order valence-electron chi connectivity index (χ1n) is 8.53. The van der Waals surface area contributed by atoms with Crippen molar-refractivity contribution < 1.29 is 14.3 Å². The van der Waals surface area contributed by atoms with Crippen molar-refractivity contribution in [1.82, 2.24) is 10.2 Å². The molecule has 7 heteroatoms. The van der Waals surface area contributed by atoms with Crippen molar-refractivity contribution in [2.45, 2.75) is 18.9 Å². The van der Waals surface area contributed by atoms with Crippen molar-refractivity contribution in [3.8, 4) is 16.3 Å². The molecule has 26 heavy (non-hydrogen) atoms. The summed E-state index contributed by atoms with van der Waals surface area (Å²) in [6.45, 7) is 1.36. The zero-order chi connectivity index (χ0) is 17.8. The highest BCUT2D eigenvalue weighted by Crippen LogP contribution is 2.24. The third-order valence-electron chi connectivity index (χ3n) is 4.18. The molecule has 0 saturated carbocycles. The van der Waals surface area contributed by atoms with Gasteiger partial charge in [-0.05, 0) is 48.6 Å². The first kappa shape index (κ1) is 16.8. The van der Waals surface area contributed by atoms with Crippen LogP contribution in [0.15, 0.2) is 47.8 Å². The number of H-pyrrole nitrogens is 1. The summed E-state index contributed by atoms with van der Waals surface area (Å²) >= 11 is 1.61. The Morgan fingerprint density at radius 2 is 2.23 bits per heavy atom. The van der Waals surface area contributed by atoms with Crippen LogP contribution in [0.1, 0.15) is 23.2 Å². The number of ether oxygens (including phenoxy) is 2. The molecule has 0 aliphatic carbocycles. The van der Waals surface area contributed by atoms with Crippen LogP contribution in [0, 0.1) is 0 Å².